The average molecular weight is 380 g/mol. The molecule has 4 heterocycles. The molecule has 0 aliphatic carbocycles. The van der Waals surface area contributed by atoms with Crippen LogP contribution < -0.4 is 4.90 Å². The lowest BCUT2D eigenvalue weighted by atomic mass is 9.93. The monoisotopic (exact) mass is 379 g/mol. The number of aromatic nitrogens is 3. The molecule has 0 aromatic carbocycles. The zero-order valence-electron chi connectivity index (χ0n) is 16.8. The first-order valence-electron chi connectivity index (χ1n) is 10.4. The van der Waals surface area contributed by atoms with Crippen molar-refractivity contribution in [2.24, 2.45) is 11.8 Å². The summed E-state index contributed by atoms with van der Waals surface area (Å²) in [6.45, 7) is 7.79. The maximum Gasteiger partial charge on any atom is 0.227 e. The summed E-state index contributed by atoms with van der Waals surface area (Å²) in [5.41, 5.74) is 1.90. The Morgan fingerprint density at radius 1 is 1.07 bits per heavy atom. The average Bonchev–Trinajstić information content (AvgIpc) is 2.74. The van der Waals surface area contributed by atoms with Crippen LogP contribution >= 0.6 is 0 Å². The quantitative estimate of drug-likeness (QED) is 0.819. The fourth-order valence-corrected chi connectivity index (χ4v) is 4.22. The van der Waals surface area contributed by atoms with Crippen LogP contribution in [0.15, 0.2) is 30.6 Å². The lowest BCUT2D eigenvalue weighted by Gasteiger charge is -2.37. The second-order valence-corrected chi connectivity index (χ2v) is 8.22. The molecule has 0 spiro atoms. The van der Waals surface area contributed by atoms with Gasteiger partial charge in [-0.2, -0.15) is 0 Å². The second kappa shape index (κ2) is 8.25. The fraction of sp³-hybridized carbons (Fsp3) is 0.545. The Labute approximate surface area is 167 Å². The summed E-state index contributed by atoms with van der Waals surface area (Å²) in [5, 5.41) is 0. The molecule has 1 amide bonds. The minimum atomic E-state index is 0.0711. The van der Waals surface area contributed by atoms with Gasteiger partial charge in [-0.3, -0.25) is 9.78 Å². The van der Waals surface area contributed by atoms with Gasteiger partial charge in [0.1, 0.15) is 5.82 Å². The molecular formula is C22H29N5O. The summed E-state index contributed by atoms with van der Waals surface area (Å²) in [5.74, 6) is 2.78. The standard InChI is InChI=1S/C22H29N5O/c1-16-7-12-26(13-8-16)22(28)19-4-3-11-27(15-19)20-14-17(2)24-21(25-20)18-5-9-23-10-6-18/h5-6,9-10,14,16,19H,3-4,7-8,11-13,15H2,1-2H3/t19-/m1/s1. The van der Waals surface area contributed by atoms with Crippen molar-refractivity contribution < 1.29 is 4.79 Å². The highest BCUT2D eigenvalue weighted by Gasteiger charge is 2.31. The van der Waals surface area contributed by atoms with E-state index in [1.54, 1.807) is 12.4 Å². The largest absolute Gasteiger partial charge is 0.356 e. The number of piperidine rings is 2. The van der Waals surface area contributed by atoms with Crippen LogP contribution in [-0.2, 0) is 4.79 Å². The van der Waals surface area contributed by atoms with Crippen LogP contribution in [0.5, 0.6) is 0 Å². The molecule has 4 rings (SSSR count). The van der Waals surface area contributed by atoms with Crippen molar-refractivity contribution in [3.05, 3.63) is 36.3 Å². The molecule has 1 atom stereocenters. The molecule has 2 fully saturated rings. The maximum absolute atomic E-state index is 13.1. The zero-order valence-corrected chi connectivity index (χ0v) is 16.8. The number of amides is 1. The summed E-state index contributed by atoms with van der Waals surface area (Å²) in [6, 6.07) is 5.89. The smallest absolute Gasteiger partial charge is 0.227 e. The first-order chi connectivity index (χ1) is 13.6. The molecule has 6 heteroatoms. The van der Waals surface area contributed by atoms with Crippen molar-refractivity contribution >= 4 is 11.7 Å². The predicted octanol–water partition coefficient (Wildman–Crippen LogP) is 3.32. The number of aryl methyl sites for hydroxylation is 1. The fourth-order valence-electron chi connectivity index (χ4n) is 4.22. The van der Waals surface area contributed by atoms with Gasteiger partial charge in [0.25, 0.3) is 0 Å². The molecule has 2 saturated heterocycles. The van der Waals surface area contributed by atoms with Crippen molar-refractivity contribution in [2.45, 2.75) is 39.5 Å². The molecule has 0 N–H and O–H groups in total. The van der Waals surface area contributed by atoms with Gasteiger partial charge < -0.3 is 9.80 Å². The molecular weight excluding hydrogens is 350 g/mol. The van der Waals surface area contributed by atoms with Crippen molar-refractivity contribution in [2.75, 3.05) is 31.1 Å². The lowest BCUT2D eigenvalue weighted by Crippen LogP contribution is -2.47. The number of anilines is 1. The number of hydrogen-bond donors (Lipinski definition) is 0. The SMILES string of the molecule is Cc1cc(N2CCC[C@@H](C(=O)N3CCC(C)CC3)C2)nc(-c2ccncc2)n1. The molecule has 0 bridgehead atoms. The minimum absolute atomic E-state index is 0.0711. The Bertz CT molecular complexity index is 817. The highest BCUT2D eigenvalue weighted by atomic mass is 16.2. The van der Waals surface area contributed by atoms with Crippen LogP contribution in [-0.4, -0.2) is 51.9 Å². The zero-order chi connectivity index (χ0) is 19.5. The third-order valence-corrected chi connectivity index (χ3v) is 5.97. The first kappa shape index (κ1) is 18.8. The molecule has 0 radical (unpaired) electrons. The van der Waals surface area contributed by atoms with Gasteiger partial charge in [-0.1, -0.05) is 6.92 Å². The number of hydrogen-bond acceptors (Lipinski definition) is 5. The highest BCUT2D eigenvalue weighted by Crippen LogP contribution is 2.27. The number of carbonyl (C=O) groups excluding carboxylic acids is 1. The van der Waals surface area contributed by atoms with Crippen LogP contribution in [0, 0.1) is 18.8 Å². The summed E-state index contributed by atoms with van der Waals surface area (Å²) >= 11 is 0. The maximum atomic E-state index is 13.1. The van der Waals surface area contributed by atoms with E-state index in [9.17, 15) is 4.79 Å². The minimum Gasteiger partial charge on any atom is -0.356 e. The Morgan fingerprint density at radius 3 is 2.57 bits per heavy atom. The van der Waals surface area contributed by atoms with Crippen LogP contribution in [0.3, 0.4) is 0 Å². The molecule has 6 nitrogen and oxygen atoms in total. The van der Waals surface area contributed by atoms with Crippen molar-refractivity contribution in [3.63, 3.8) is 0 Å². The van der Waals surface area contributed by atoms with Gasteiger partial charge in [-0.05, 0) is 50.7 Å². The van der Waals surface area contributed by atoms with E-state index in [1.165, 1.54) is 0 Å². The van der Waals surface area contributed by atoms with Crippen molar-refractivity contribution in [3.8, 4) is 11.4 Å². The topological polar surface area (TPSA) is 62.2 Å². The molecule has 148 valence electrons. The Hall–Kier alpha value is -2.50. The van der Waals surface area contributed by atoms with Crippen LogP contribution in [0.25, 0.3) is 11.4 Å². The van der Waals surface area contributed by atoms with E-state index < -0.39 is 0 Å². The van der Waals surface area contributed by atoms with Crippen LogP contribution in [0.1, 0.15) is 38.3 Å². The Kier molecular flexibility index (Phi) is 5.55. The third-order valence-electron chi connectivity index (χ3n) is 5.97. The predicted molar refractivity (Wildman–Crippen MR) is 110 cm³/mol. The van der Waals surface area contributed by atoms with Crippen LogP contribution in [0.4, 0.5) is 5.82 Å². The molecule has 2 aromatic heterocycles. The van der Waals surface area contributed by atoms with E-state index in [0.29, 0.717) is 5.91 Å². The second-order valence-electron chi connectivity index (χ2n) is 8.22. The number of pyridine rings is 1. The molecule has 0 unspecified atom stereocenters. The third kappa shape index (κ3) is 4.16. The molecule has 2 aliphatic rings. The van der Waals surface area contributed by atoms with E-state index >= 15 is 0 Å². The molecule has 0 saturated carbocycles. The van der Waals surface area contributed by atoms with Gasteiger partial charge in [0, 0.05) is 55.9 Å². The van der Waals surface area contributed by atoms with Gasteiger partial charge >= 0.3 is 0 Å². The van der Waals surface area contributed by atoms with E-state index in [2.05, 4.69) is 26.7 Å². The van der Waals surface area contributed by atoms with Crippen molar-refractivity contribution in [1.82, 2.24) is 19.9 Å². The van der Waals surface area contributed by atoms with Gasteiger partial charge in [-0.25, -0.2) is 9.97 Å². The van der Waals surface area contributed by atoms with Crippen LogP contribution in [0.2, 0.25) is 0 Å². The Balaban J connectivity index is 1.50. The lowest BCUT2D eigenvalue weighted by molar-refractivity contribution is -0.137. The van der Waals surface area contributed by atoms with E-state index in [0.717, 1.165) is 80.7 Å². The van der Waals surface area contributed by atoms with Gasteiger partial charge in [0.2, 0.25) is 5.91 Å². The van der Waals surface area contributed by atoms with E-state index in [1.807, 2.05) is 25.1 Å². The van der Waals surface area contributed by atoms with E-state index in [-0.39, 0.29) is 5.92 Å². The van der Waals surface area contributed by atoms with Crippen molar-refractivity contribution in [1.29, 1.82) is 0 Å². The number of rotatable bonds is 3. The van der Waals surface area contributed by atoms with Gasteiger partial charge in [0.15, 0.2) is 5.82 Å². The molecule has 2 aromatic rings. The normalized spacial score (nSPS) is 21.0. The summed E-state index contributed by atoms with van der Waals surface area (Å²) in [4.78, 5) is 30.9. The summed E-state index contributed by atoms with van der Waals surface area (Å²) in [7, 11) is 0. The number of nitrogens with zero attached hydrogens (tertiary/aromatic N) is 5. The van der Waals surface area contributed by atoms with E-state index in [4.69, 9.17) is 4.98 Å². The number of carbonyl (C=O) groups is 1. The summed E-state index contributed by atoms with van der Waals surface area (Å²) < 4.78 is 0. The highest BCUT2D eigenvalue weighted by molar-refractivity contribution is 5.80. The Morgan fingerprint density at radius 2 is 1.82 bits per heavy atom. The molecule has 2 aliphatic heterocycles. The number of likely N-dealkylation sites (tertiary alicyclic amines) is 1. The van der Waals surface area contributed by atoms with Gasteiger partial charge in [-0.15, -0.1) is 0 Å². The molecule has 28 heavy (non-hydrogen) atoms. The summed E-state index contributed by atoms with van der Waals surface area (Å²) in [6.07, 6.45) is 7.77. The van der Waals surface area contributed by atoms with Gasteiger partial charge in [0.05, 0.1) is 5.92 Å². The first-order valence-corrected chi connectivity index (χ1v) is 10.4.